The molecule has 1 fully saturated rings. The molecule has 1 heterocycles. The van der Waals surface area contributed by atoms with Gasteiger partial charge >= 0.3 is 6.18 Å². The van der Waals surface area contributed by atoms with E-state index in [-0.39, 0.29) is 5.41 Å². The fourth-order valence-corrected chi connectivity index (χ4v) is 3.26. The second-order valence-electron chi connectivity index (χ2n) is 7.82. The van der Waals surface area contributed by atoms with Crippen molar-refractivity contribution in [1.82, 2.24) is 0 Å². The van der Waals surface area contributed by atoms with Crippen molar-refractivity contribution >= 4 is 11.4 Å². The quantitative estimate of drug-likeness (QED) is 0.712. The number of halogens is 3. The molecule has 0 N–H and O–H groups in total. The van der Waals surface area contributed by atoms with E-state index >= 15 is 0 Å². The molecule has 0 aromatic heterocycles. The number of hydrogen-bond acceptors (Lipinski definition) is 2. The summed E-state index contributed by atoms with van der Waals surface area (Å²) in [6.07, 6.45) is -4.28. The summed E-state index contributed by atoms with van der Waals surface area (Å²) in [5, 5.41) is 0. The molecule has 0 radical (unpaired) electrons. The SMILES string of the molecule is CC(C)(C)c1ccc(N2CCN(c3ccc(C(F)(F)F)cc3)CC2)cc1. The lowest BCUT2D eigenvalue weighted by Gasteiger charge is -2.37. The lowest BCUT2D eigenvalue weighted by molar-refractivity contribution is -0.137. The Morgan fingerprint density at radius 3 is 1.27 bits per heavy atom. The number of rotatable bonds is 2. The number of nitrogens with zero attached hydrogens (tertiary/aromatic N) is 2. The summed E-state index contributed by atoms with van der Waals surface area (Å²) in [6, 6.07) is 14.1. The Bertz CT molecular complexity index is 654. The van der Waals surface area contributed by atoms with E-state index in [4.69, 9.17) is 0 Å². The van der Waals surface area contributed by atoms with E-state index in [1.54, 1.807) is 12.1 Å². The lowest BCUT2D eigenvalue weighted by atomic mass is 9.87. The third-order valence-electron chi connectivity index (χ3n) is 4.94. The molecular weight excluding hydrogens is 337 g/mol. The average molecular weight is 362 g/mol. The van der Waals surface area contributed by atoms with Gasteiger partial charge in [-0.05, 0) is 47.4 Å². The number of alkyl halides is 3. The van der Waals surface area contributed by atoms with Crippen LogP contribution in [0.2, 0.25) is 0 Å². The van der Waals surface area contributed by atoms with Gasteiger partial charge in [-0.2, -0.15) is 13.2 Å². The first-order chi connectivity index (χ1) is 12.1. The maximum Gasteiger partial charge on any atom is 0.416 e. The van der Waals surface area contributed by atoms with Crippen molar-refractivity contribution in [2.45, 2.75) is 32.4 Å². The number of anilines is 2. The van der Waals surface area contributed by atoms with Crippen LogP contribution in [-0.4, -0.2) is 26.2 Å². The maximum absolute atomic E-state index is 12.7. The fraction of sp³-hybridized carbons (Fsp3) is 0.429. The van der Waals surface area contributed by atoms with Gasteiger partial charge in [-0.1, -0.05) is 32.9 Å². The van der Waals surface area contributed by atoms with Gasteiger partial charge in [0, 0.05) is 37.6 Å². The van der Waals surface area contributed by atoms with Crippen LogP contribution < -0.4 is 9.80 Å². The molecule has 0 amide bonds. The van der Waals surface area contributed by atoms with Gasteiger partial charge in [0.15, 0.2) is 0 Å². The van der Waals surface area contributed by atoms with Crippen molar-refractivity contribution in [1.29, 1.82) is 0 Å². The van der Waals surface area contributed by atoms with E-state index < -0.39 is 11.7 Å². The minimum Gasteiger partial charge on any atom is -0.368 e. The van der Waals surface area contributed by atoms with Crippen molar-refractivity contribution in [2.24, 2.45) is 0 Å². The zero-order valence-electron chi connectivity index (χ0n) is 15.5. The number of hydrogen-bond donors (Lipinski definition) is 0. The van der Waals surface area contributed by atoms with Crippen molar-refractivity contribution < 1.29 is 13.2 Å². The summed E-state index contributed by atoms with van der Waals surface area (Å²) in [5.74, 6) is 0. The third kappa shape index (κ3) is 4.14. The van der Waals surface area contributed by atoms with Gasteiger partial charge in [0.05, 0.1) is 5.56 Å². The molecule has 26 heavy (non-hydrogen) atoms. The lowest BCUT2D eigenvalue weighted by Crippen LogP contribution is -2.46. The molecular formula is C21H25F3N2. The molecule has 2 aromatic rings. The van der Waals surface area contributed by atoms with Crippen molar-refractivity contribution in [3.8, 4) is 0 Å². The Labute approximate surface area is 153 Å². The zero-order chi connectivity index (χ0) is 18.9. The first kappa shape index (κ1) is 18.6. The molecule has 2 aromatic carbocycles. The highest BCUT2D eigenvalue weighted by Crippen LogP contribution is 2.31. The molecule has 0 bridgehead atoms. The summed E-state index contributed by atoms with van der Waals surface area (Å²) in [7, 11) is 0. The van der Waals surface area contributed by atoms with Crippen LogP contribution in [0.3, 0.4) is 0 Å². The van der Waals surface area contributed by atoms with Crippen LogP contribution in [0, 0.1) is 0 Å². The van der Waals surface area contributed by atoms with Gasteiger partial charge in [-0.15, -0.1) is 0 Å². The van der Waals surface area contributed by atoms with Crippen LogP contribution in [0.4, 0.5) is 24.5 Å². The normalized spacial score (nSPS) is 16.1. The monoisotopic (exact) mass is 362 g/mol. The largest absolute Gasteiger partial charge is 0.416 e. The molecule has 5 heteroatoms. The molecule has 0 atom stereocenters. The van der Waals surface area contributed by atoms with Gasteiger partial charge in [0.2, 0.25) is 0 Å². The van der Waals surface area contributed by atoms with Crippen LogP contribution in [0.5, 0.6) is 0 Å². The molecule has 0 aliphatic carbocycles. The summed E-state index contributed by atoms with van der Waals surface area (Å²) < 4.78 is 38.0. The van der Waals surface area contributed by atoms with Gasteiger partial charge in [-0.3, -0.25) is 0 Å². The van der Waals surface area contributed by atoms with Crippen LogP contribution >= 0.6 is 0 Å². The number of piperazine rings is 1. The third-order valence-corrected chi connectivity index (χ3v) is 4.94. The molecule has 1 saturated heterocycles. The van der Waals surface area contributed by atoms with Crippen LogP contribution in [-0.2, 0) is 11.6 Å². The van der Waals surface area contributed by atoms with Crippen molar-refractivity contribution in [3.05, 3.63) is 59.7 Å². The Hall–Kier alpha value is -2.17. The highest BCUT2D eigenvalue weighted by Gasteiger charge is 2.30. The molecule has 140 valence electrons. The minimum absolute atomic E-state index is 0.139. The molecule has 2 nitrogen and oxygen atoms in total. The van der Waals surface area contributed by atoms with E-state index in [1.807, 2.05) is 0 Å². The maximum atomic E-state index is 12.7. The van der Waals surface area contributed by atoms with E-state index in [0.717, 1.165) is 44.0 Å². The van der Waals surface area contributed by atoms with Gasteiger partial charge in [-0.25, -0.2) is 0 Å². The topological polar surface area (TPSA) is 6.48 Å². The highest BCUT2D eigenvalue weighted by atomic mass is 19.4. The first-order valence-electron chi connectivity index (χ1n) is 8.92. The van der Waals surface area contributed by atoms with Crippen LogP contribution in [0.1, 0.15) is 31.9 Å². The Morgan fingerprint density at radius 1 is 0.615 bits per heavy atom. The van der Waals surface area contributed by atoms with Crippen LogP contribution in [0.25, 0.3) is 0 Å². The highest BCUT2D eigenvalue weighted by molar-refractivity contribution is 5.53. The average Bonchev–Trinajstić information content (AvgIpc) is 2.61. The zero-order valence-corrected chi connectivity index (χ0v) is 15.5. The predicted octanol–water partition coefficient (Wildman–Crippen LogP) is 5.33. The number of benzene rings is 2. The molecule has 1 aliphatic heterocycles. The van der Waals surface area contributed by atoms with E-state index in [2.05, 4.69) is 54.8 Å². The molecule has 0 unspecified atom stereocenters. The Morgan fingerprint density at radius 2 is 0.962 bits per heavy atom. The van der Waals surface area contributed by atoms with Crippen molar-refractivity contribution in [3.63, 3.8) is 0 Å². The van der Waals surface area contributed by atoms with E-state index in [9.17, 15) is 13.2 Å². The van der Waals surface area contributed by atoms with E-state index in [1.165, 1.54) is 11.3 Å². The molecule has 3 rings (SSSR count). The molecule has 0 saturated carbocycles. The second kappa shape index (κ2) is 6.86. The summed E-state index contributed by atoms with van der Waals surface area (Å²) >= 11 is 0. The van der Waals surface area contributed by atoms with Gasteiger partial charge in [0.25, 0.3) is 0 Å². The Balaban J connectivity index is 1.62. The molecule has 1 aliphatic rings. The summed E-state index contributed by atoms with van der Waals surface area (Å²) in [5.41, 5.74) is 2.90. The summed E-state index contributed by atoms with van der Waals surface area (Å²) in [4.78, 5) is 4.47. The summed E-state index contributed by atoms with van der Waals surface area (Å²) in [6.45, 7) is 9.91. The predicted molar refractivity (Wildman–Crippen MR) is 101 cm³/mol. The van der Waals surface area contributed by atoms with E-state index in [0.29, 0.717) is 0 Å². The standard InChI is InChI=1S/C21H25F3N2/c1-20(2,3)16-4-8-18(9-5-16)25-12-14-26(15-13-25)19-10-6-17(7-11-19)21(22,23)24/h4-11H,12-15H2,1-3H3. The minimum atomic E-state index is -4.28. The first-order valence-corrected chi connectivity index (χ1v) is 8.92. The van der Waals surface area contributed by atoms with Gasteiger partial charge in [0.1, 0.15) is 0 Å². The smallest absolute Gasteiger partial charge is 0.368 e. The second-order valence-corrected chi connectivity index (χ2v) is 7.82. The fourth-order valence-electron chi connectivity index (χ4n) is 3.26. The molecule has 0 spiro atoms. The van der Waals surface area contributed by atoms with Gasteiger partial charge < -0.3 is 9.80 Å². The van der Waals surface area contributed by atoms with Crippen LogP contribution in [0.15, 0.2) is 48.5 Å². The van der Waals surface area contributed by atoms with Crippen molar-refractivity contribution in [2.75, 3.05) is 36.0 Å². The Kier molecular flexibility index (Phi) is 4.91.